The highest BCUT2D eigenvalue weighted by molar-refractivity contribution is 9.10. The number of hydrogen-bond acceptors (Lipinski definition) is 2. The molecule has 116 valence electrons. The van der Waals surface area contributed by atoms with Crippen molar-refractivity contribution in [3.05, 3.63) is 63.1 Å². The summed E-state index contributed by atoms with van der Waals surface area (Å²) in [6, 6.07) is 13.6. The van der Waals surface area contributed by atoms with Crippen LogP contribution in [0.15, 0.2) is 46.9 Å². The van der Waals surface area contributed by atoms with Crippen molar-refractivity contribution < 1.29 is 4.79 Å². The van der Waals surface area contributed by atoms with Gasteiger partial charge in [-0.15, -0.1) is 0 Å². The van der Waals surface area contributed by atoms with Gasteiger partial charge in [-0.25, -0.2) is 0 Å². The Morgan fingerprint density at radius 3 is 2.73 bits per heavy atom. The molecule has 0 saturated heterocycles. The lowest BCUT2D eigenvalue weighted by atomic mass is 10.2. The van der Waals surface area contributed by atoms with Crippen molar-refractivity contribution in [3.63, 3.8) is 0 Å². The molecule has 0 unspecified atom stereocenters. The first-order valence-corrected chi connectivity index (χ1v) is 8.23. The van der Waals surface area contributed by atoms with E-state index in [-0.39, 0.29) is 5.91 Å². The Bertz CT molecular complexity index is 661. The molecule has 3 nitrogen and oxygen atoms in total. The SMILES string of the molecule is Cc1ccc(NCCC(=O)NCc2ccccc2Cl)cc1Br. The van der Waals surface area contributed by atoms with Crippen LogP contribution in [0.5, 0.6) is 0 Å². The second kappa shape index (κ2) is 8.20. The molecule has 1 amide bonds. The van der Waals surface area contributed by atoms with E-state index >= 15 is 0 Å². The average molecular weight is 382 g/mol. The Balaban J connectivity index is 1.74. The zero-order valence-corrected chi connectivity index (χ0v) is 14.7. The van der Waals surface area contributed by atoms with Crippen LogP contribution in [0, 0.1) is 6.92 Å². The van der Waals surface area contributed by atoms with Gasteiger partial charge in [-0.05, 0) is 36.2 Å². The van der Waals surface area contributed by atoms with E-state index < -0.39 is 0 Å². The minimum atomic E-state index is -0.00130. The van der Waals surface area contributed by atoms with Gasteiger partial charge in [-0.1, -0.05) is 51.8 Å². The van der Waals surface area contributed by atoms with Gasteiger partial charge in [0.2, 0.25) is 5.91 Å². The van der Waals surface area contributed by atoms with Crippen LogP contribution < -0.4 is 10.6 Å². The quantitative estimate of drug-likeness (QED) is 0.772. The maximum Gasteiger partial charge on any atom is 0.222 e. The largest absolute Gasteiger partial charge is 0.384 e. The number of aryl methyl sites for hydroxylation is 1. The Kier molecular flexibility index (Phi) is 6.28. The minimum absolute atomic E-state index is 0.00130. The van der Waals surface area contributed by atoms with E-state index in [1.165, 1.54) is 5.56 Å². The molecule has 2 aromatic rings. The molecule has 22 heavy (non-hydrogen) atoms. The second-order valence-corrected chi connectivity index (χ2v) is 6.27. The van der Waals surface area contributed by atoms with Crippen LogP contribution >= 0.6 is 27.5 Å². The molecule has 0 fully saturated rings. The molecule has 0 aliphatic heterocycles. The fraction of sp³-hybridized carbons (Fsp3) is 0.235. The van der Waals surface area contributed by atoms with Crippen molar-refractivity contribution >= 4 is 39.1 Å². The molecule has 2 aromatic carbocycles. The third kappa shape index (κ3) is 5.04. The summed E-state index contributed by atoms with van der Waals surface area (Å²) in [5.74, 6) is -0.00130. The maximum absolute atomic E-state index is 11.8. The second-order valence-electron chi connectivity index (χ2n) is 5.01. The molecule has 2 rings (SSSR count). The monoisotopic (exact) mass is 380 g/mol. The van der Waals surface area contributed by atoms with E-state index in [9.17, 15) is 4.79 Å². The lowest BCUT2D eigenvalue weighted by molar-refractivity contribution is -0.121. The molecule has 0 aromatic heterocycles. The number of benzene rings is 2. The van der Waals surface area contributed by atoms with Gasteiger partial charge in [-0.2, -0.15) is 0 Å². The molecule has 0 bridgehead atoms. The van der Waals surface area contributed by atoms with Crippen LogP contribution in [0.4, 0.5) is 5.69 Å². The number of amides is 1. The minimum Gasteiger partial charge on any atom is -0.384 e. The highest BCUT2D eigenvalue weighted by Crippen LogP contribution is 2.20. The summed E-state index contributed by atoms with van der Waals surface area (Å²) in [5, 5.41) is 6.78. The van der Waals surface area contributed by atoms with Crippen LogP contribution in [0.2, 0.25) is 5.02 Å². The van der Waals surface area contributed by atoms with Crippen molar-refractivity contribution in [2.75, 3.05) is 11.9 Å². The van der Waals surface area contributed by atoms with Gasteiger partial charge in [0.25, 0.3) is 0 Å². The first-order valence-electron chi connectivity index (χ1n) is 7.06. The molecule has 0 atom stereocenters. The fourth-order valence-electron chi connectivity index (χ4n) is 1.95. The van der Waals surface area contributed by atoms with Gasteiger partial charge in [0.1, 0.15) is 0 Å². The van der Waals surface area contributed by atoms with Gasteiger partial charge in [0, 0.05) is 34.7 Å². The molecule has 0 radical (unpaired) electrons. The number of nitrogens with one attached hydrogen (secondary N) is 2. The van der Waals surface area contributed by atoms with Crippen LogP contribution in [-0.4, -0.2) is 12.5 Å². The first-order chi connectivity index (χ1) is 10.6. The zero-order chi connectivity index (χ0) is 15.9. The number of hydrogen-bond donors (Lipinski definition) is 2. The van der Waals surface area contributed by atoms with Crippen molar-refractivity contribution in [2.24, 2.45) is 0 Å². The summed E-state index contributed by atoms with van der Waals surface area (Å²) >= 11 is 9.54. The molecule has 5 heteroatoms. The normalized spacial score (nSPS) is 10.3. The highest BCUT2D eigenvalue weighted by atomic mass is 79.9. The molecular weight excluding hydrogens is 364 g/mol. The summed E-state index contributed by atoms with van der Waals surface area (Å²) < 4.78 is 1.06. The van der Waals surface area contributed by atoms with Crippen molar-refractivity contribution in [2.45, 2.75) is 19.9 Å². The molecule has 0 aliphatic carbocycles. The van der Waals surface area contributed by atoms with Crippen LogP contribution in [0.3, 0.4) is 0 Å². The van der Waals surface area contributed by atoms with Crippen molar-refractivity contribution in [3.8, 4) is 0 Å². The molecule has 0 spiro atoms. The molecule has 0 heterocycles. The predicted molar refractivity (Wildman–Crippen MR) is 95.3 cm³/mol. The van der Waals surface area contributed by atoms with Crippen LogP contribution in [0.1, 0.15) is 17.5 Å². The van der Waals surface area contributed by atoms with E-state index in [4.69, 9.17) is 11.6 Å². The van der Waals surface area contributed by atoms with Gasteiger partial charge < -0.3 is 10.6 Å². The number of carbonyl (C=O) groups is 1. The summed E-state index contributed by atoms with van der Waals surface area (Å²) in [6.07, 6.45) is 0.413. The van der Waals surface area contributed by atoms with Crippen molar-refractivity contribution in [1.29, 1.82) is 0 Å². The Labute approximate surface area is 144 Å². The zero-order valence-electron chi connectivity index (χ0n) is 12.3. The van der Waals surface area contributed by atoms with Gasteiger partial charge in [0.15, 0.2) is 0 Å². The molecule has 2 N–H and O–H groups in total. The summed E-state index contributed by atoms with van der Waals surface area (Å²) in [6.45, 7) is 3.08. The third-order valence-corrected chi connectivity index (χ3v) is 4.51. The summed E-state index contributed by atoms with van der Waals surface area (Å²) in [7, 11) is 0. The van der Waals surface area contributed by atoms with E-state index in [1.807, 2.05) is 49.4 Å². The number of rotatable bonds is 6. The van der Waals surface area contributed by atoms with Gasteiger partial charge in [0.05, 0.1) is 0 Å². The van der Waals surface area contributed by atoms with E-state index in [0.29, 0.717) is 24.5 Å². The lowest BCUT2D eigenvalue weighted by Gasteiger charge is -2.09. The summed E-state index contributed by atoms with van der Waals surface area (Å²) in [5.41, 5.74) is 3.10. The van der Waals surface area contributed by atoms with Crippen LogP contribution in [-0.2, 0) is 11.3 Å². The highest BCUT2D eigenvalue weighted by Gasteiger charge is 2.04. The number of halogens is 2. The lowest BCUT2D eigenvalue weighted by Crippen LogP contribution is -2.25. The van der Waals surface area contributed by atoms with E-state index in [2.05, 4.69) is 26.6 Å². The predicted octanol–water partition coefficient (Wildman–Crippen LogP) is 4.53. The van der Waals surface area contributed by atoms with Crippen LogP contribution in [0.25, 0.3) is 0 Å². The van der Waals surface area contributed by atoms with Gasteiger partial charge in [-0.3, -0.25) is 4.79 Å². The maximum atomic E-state index is 11.8. The standard InChI is InChI=1S/C17H18BrClN2O/c1-12-6-7-14(10-15(12)18)20-9-8-17(22)21-11-13-4-2-3-5-16(13)19/h2-7,10,20H,8-9,11H2,1H3,(H,21,22). The number of carbonyl (C=O) groups excluding carboxylic acids is 1. The Morgan fingerprint density at radius 2 is 2.00 bits per heavy atom. The van der Waals surface area contributed by atoms with Crippen molar-refractivity contribution in [1.82, 2.24) is 5.32 Å². The first kappa shape index (κ1) is 16.8. The van der Waals surface area contributed by atoms with E-state index in [1.54, 1.807) is 0 Å². The fourth-order valence-corrected chi connectivity index (χ4v) is 2.53. The Hall–Kier alpha value is -1.52. The Morgan fingerprint density at radius 1 is 1.23 bits per heavy atom. The molecule has 0 aliphatic rings. The van der Waals surface area contributed by atoms with E-state index in [0.717, 1.165) is 15.7 Å². The smallest absolute Gasteiger partial charge is 0.222 e. The topological polar surface area (TPSA) is 41.1 Å². The third-order valence-electron chi connectivity index (χ3n) is 3.29. The molecule has 0 saturated carbocycles. The number of anilines is 1. The average Bonchev–Trinajstić information content (AvgIpc) is 2.50. The summed E-state index contributed by atoms with van der Waals surface area (Å²) in [4.78, 5) is 11.8. The molecular formula is C17H18BrClN2O. The van der Waals surface area contributed by atoms with Gasteiger partial charge >= 0.3 is 0 Å².